The summed E-state index contributed by atoms with van der Waals surface area (Å²) >= 11 is 0. The van der Waals surface area contributed by atoms with Crippen LogP contribution in [-0.2, 0) is 5.54 Å². The van der Waals surface area contributed by atoms with Gasteiger partial charge in [-0.15, -0.1) is 0 Å². The lowest BCUT2D eigenvalue weighted by molar-refractivity contribution is -0.271. The molecule has 0 fully saturated rings. The summed E-state index contributed by atoms with van der Waals surface area (Å²) in [4.78, 5) is 12.7. The summed E-state index contributed by atoms with van der Waals surface area (Å²) in [5.74, 6) is 0. The summed E-state index contributed by atoms with van der Waals surface area (Å²) in [5.41, 5.74) is 2.37. The molecule has 0 unspecified atom stereocenters. The maximum atomic E-state index is 11.4. The fraction of sp³-hybridized carbons (Fsp3) is 0.316. The third-order valence-electron chi connectivity index (χ3n) is 4.13. The molecule has 2 rings (SSSR count). The van der Waals surface area contributed by atoms with Crippen molar-refractivity contribution in [2.75, 3.05) is 13.2 Å². The lowest BCUT2D eigenvalue weighted by atomic mass is 9.90. The van der Waals surface area contributed by atoms with E-state index in [-0.39, 0.29) is 13.2 Å². The average molecular weight is 312 g/mol. The van der Waals surface area contributed by atoms with Gasteiger partial charge in [-0.3, -0.25) is 0 Å². The Bertz CT molecular complexity index is 635. The topological polar surface area (TPSA) is 63.6 Å². The number of carbonyl (C=O) groups is 1. The molecule has 0 saturated carbocycles. The van der Waals surface area contributed by atoms with Crippen molar-refractivity contribution < 1.29 is 15.0 Å². The Morgan fingerprint density at radius 1 is 1.04 bits per heavy atom. The Balaban J connectivity index is 2.27. The van der Waals surface area contributed by atoms with Crippen LogP contribution in [0.25, 0.3) is 11.1 Å². The summed E-state index contributed by atoms with van der Waals surface area (Å²) in [6.07, 6.45) is -0.838. The van der Waals surface area contributed by atoms with Crippen LogP contribution in [0.5, 0.6) is 0 Å². The Labute approximate surface area is 137 Å². The number of hydrogen-bond acceptors (Lipinski definition) is 3. The highest BCUT2D eigenvalue weighted by Crippen LogP contribution is 2.30. The van der Waals surface area contributed by atoms with Gasteiger partial charge in [0.2, 0.25) is 0 Å². The zero-order chi connectivity index (χ0) is 16.9. The van der Waals surface area contributed by atoms with Crippen molar-refractivity contribution in [3.05, 3.63) is 60.2 Å². The molecule has 0 aliphatic carbocycles. The van der Waals surface area contributed by atoms with Crippen LogP contribution in [-0.4, -0.2) is 29.3 Å². The average Bonchev–Trinajstić information content (AvgIpc) is 2.55. The predicted octanol–water partition coefficient (Wildman–Crippen LogP) is 2.62. The highest BCUT2D eigenvalue weighted by molar-refractivity contribution is 5.66. The van der Waals surface area contributed by atoms with E-state index < -0.39 is 11.6 Å². The Kier molecular flexibility index (Phi) is 5.40. The van der Waals surface area contributed by atoms with Gasteiger partial charge in [-0.25, -0.2) is 0 Å². The minimum atomic E-state index is -1.23. The molecule has 0 radical (unpaired) electrons. The van der Waals surface area contributed by atoms with E-state index >= 15 is 0 Å². The lowest BCUT2D eigenvalue weighted by Crippen LogP contribution is -2.51. The molecule has 0 heterocycles. The van der Waals surface area contributed by atoms with Crippen molar-refractivity contribution in [1.82, 2.24) is 4.90 Å². The molecule has 0 bridgehead atoms. The van der Waals surface area contributed by atoms with E-state index in [1.807, 2.05) is 68.4 Å². The van der Waals surface area contributed by atoms with E-state index in [9.17, 15) is 9.90 Å². The summed E-state index contributed by atoms with van der Waals surface area (Å²) in [7, 11) is 0. The second kappa shape index (κ2) is 7.29. The lowest BCUT2D eigenvalue weighted by Gasteiger charge is -2.41. The summed E-state index contributed by atoms with van der Waals surface area (Å²) in [6.45, 7) is 3.88. The molecule has 0 atom stereocenters. The molecule has 4 nitrogen and oxygen atoms in total. The van der Waals surface area contributed by atoms with Crippen molar-refractivity contribution in [3.63, 3.8) is 0 Å². The molecular weight excluding hydrogens is 290 g/mol. The monoisotopic (exact) mass is 312 g/mol. The van der Waals surface area contributed by atoms with Crippen LogP contribution in [0.3, 0.4) is 0 Å². The number of aliphatic hydroxyl groups excluding tert-OH is 1. The molecule has 122 valence electrons. The number of carboxylic acid groups (broad SMARTS) is 1. The first kappa shape index (κ1) is 17.0. The second-order valence-corrected chi connectivity index (χ2v) is 6.00. The summed E-state index contributed by atoms with van der Waals surface area (Å²) in [6, 6.07) is 17.9. The first-order valence-electron chi connectivity index (χ1n) is 7.72. The number of benzene rings is 2. The summed E-state index contributed by atoms with van der Waals surface area (Å²) < 4.78 is 0. The highest BCUT2D eigenvalue weighted by Gasteiger charge is 2.28. The van der Waals surface area contributed by atoms with Gasteiger partial charge in [0.05, 0.1) is 5.54 Å². The van der Waals surface area contributed by atoms with Gasteiger partial charge >= 0.3 is 0 Å². The SMILES string of the molecule is CC(C)(c1ccc(-c2ccccc2)cc1)N(CCCO)C(=O)[O-]. The van der Waals surface area contributed by atoms with Crippen LogP contribution >= 0.6 is 0 Å². The molecule has 0 spiro atoms. The quantitative estimate of drug-likeness (QED) is 0.892. The zero-order valence-electron chi connectivity index (χ0n) is 13.5. The van der Waals surface area contributed by atoms with Crippen LogP contribution in [0, 0.1) is 0 Å². The molecule has 4 heteroatoms. The zero-order valence-corrected chi connectivity index (χ0v) is 13.5. The molecule has 2 aromatic carbocycles. The molecule has 0 aromatic heterocycles. The van der Waals surface area contributed by atoms with E-state index in [4.69, 9.17) is 5.11 Å². The minimum absolute atomic E-state index is 0.0488. The summed E-state index contributed by atoms with van der Waals surface area (Å²) in [5, 5.41) is 20.4. The van der Waals surface area contributed by atoms with Gasteiger partial charge in [-0.2, -0.15) is 0 Å². The smallest absolute Gasteiger partial charge is 0.137 e. The standard InChI is InChI=1S/C19H23NO3/c1-19(2,20(18(22)23)13-6-14-21)17-11-9-16(10-12-17)15-7-4-3-5-8-15/h3-5,7-12,21H,6,13-14H2,1-2H3,(H,22,23)/p-1. The van der Waals surface area contributed by atoms with Crippen LogP contribution in [0.1, 0.15) is 25.8 Å². The predicted molar refractivity (Wildman–Crippen MR) is 88.7 cm³/mol. The molecule has 1 amide bonds. The van der Waals surface area contributed by atoms with Crippen molar-refractivity contribution in [2.24, 2.45) is 0 Å². The maximum absolute atomic E-state index is 11.4. The molecule has 23 heavy (non-hydrogen) atoms. The second-order valence-electron chi connectivity index (χ2n) is 6.00. The largest absolute Gasteiger partial charge is 0.530 e. The number of aliphatic hydroxyl groups is 1. The molecule has 0 aliphatic heterocycles. The van der Waals surface area contributed by atoms with E-state index in [1.54, 1.807) is 0 Å². The van der Waals surface area contributed by atoms with Gasteiger partial charge in [-0.1, -0.05) is 54.6 Å². The number of nitrogens with zero attached hydrogens (tertiary/aromatic N) is 1. The molecule has 2 aromatic rings. The Morgan fingerprint density at radius 2 is 1.61 bits per heavy atom. The third-order valence-corrected chi connectivity index (χ3v) is 4.13. The van der Waals surface area contributed by atoms with Crippen LogP contribution in [0.15, 0.2) is 54.6 Å². The third kappa shape index (κ3) is 3.90. The molecule has 1 N–H and O–H groups in total. The Hall–Kier alpha value is -2.33. The van der Waals surface area contributed by atoms with E-state index in [1.165, 1.54) is 4.90 Å². The number of carbonyl (C=O) groups excluding carboxylic acids is 1. The van der Waals surface area contributed by atoms with Crippen LogP contribution in [0.4, 0.5) is 4.79 Å². The highest BCUT2D eigenvalue weighted by atomic mass is 16.4. The van der Waals surface area contributed by atoms with Crippen molar-refractivity contribution in [3.8, 4) is 11.1 Å². The van der Waals surface area contributed by atoms with Gasteiger partial charge in [0.15, 0.2) is 0 Å². The number of hydrogen-bond donors (Lipinski definition) is 1. The minimum Gasteiger partial charge on any atom is -0.530 e. The van der Waals surface area contributed by atoms with E-state index in [0.29, 0.717) is 6.42 Å². The molecule has 0 saturated heterocycles. The fourth-order valence-corrected chi connectivity index (χ4v) is 2.68. The van der Waals surface area contributed by atoms with Crippen molar-refractivity contribution >= 4 is 6.09 Å². The van der Waals surface area contributed by atoms with Crippen molar-refractivity contribution in [2.45, 2.75) is 25.8 Å². The first-order chi connectivity index (χ1) is 11.0. The fourth-order valence-electron chi connectivity index (χ4n) is 2.68. The van der Waals surface area contributed by atoms with Gasteiger partial charge in [-0.05, 0) is 37.0 Å². The molecule has 0 aliphatic rings. The van der Waals surface area contributed by atoms with Gasteiger partial charge < -0.3 is 19.9 Å². The van der Waals surface area contributed by atoms with Crippen LogP contribution < -0.4 is 5.11 Å². The number of rotatable bonds is 6. The van der Waals surface area contributed by atoms with Crippen LogP contribution in [0.2, 0.25) is 0 Å². The van der Waals surface area contributed by atoms with Gasteiger partial charge in [0.1, 0.15) is 6.09 Å². The van der Waals surface area contributed by atoms with Gasteiger partial charge in [0.25, 0.3) is 0 Å². The normalized spacial score (nSPS) is 11.3. The van der Waals surface area contributed by atoms with Gasteiger partial charge in [0, 0.05) is 13.2 Å². The number of amides is 1. The van der Waals surface area contributed by atoms with E-state index in [0.717, 1.165) is 16.7 Å². The Morgan fingerprint density at radius 3 is 2.13 bits per heavy atom. The molecular formula is C19H22NO3-. The van der Waals surface area contributed by atoms with Crippen molar-refractivity contribution in [1.29, 1.82) is 0 Å². The first-order valence-corrected chi connectivity index (χ1v) is 7.72. The van der Waals surface area contributed by atoms with E-state index in [2.05, 4.69) is 0 Å². The maximum Gasteiger partial charge on any atom is 0.137 e.